The average Bonchev–Trinajstić information content (AvgIpc) is 2.45. The lowest BCUT2D eigenvalue weighted by Gasteiger charge is -2.33. The third-order valence-electron chi connectivity index (χ3n) is 3.77. The van der Waals surface area contributed by atoms with Crippen LogP contribution in [0.25, 0.3) is 0 Å². The van der Waals surface area contributed by atoms with Crippen molar-refractivity contribution in [2.45, 2.75) is 43.0 Å². The standard InChI is InChI=1S/C14H18BrF2NO2S/c15-8-9-18(12-4-2-1-3-5-12)21(19,20)14-7-6-11(16)10-13(14)17/h6-7,10,12H,1-5,8-9H2. The highest BCUT2D eigenvalue weighted by molar-refractivity contribution is 9.09. The van der Waals surface area contributed by atoms with Gasteiger partial charge in [0.15, 0.2) is 0 Å². The summed E-state index contributed by atoms with van der Waals surface area (Å²) in [4.78, 5) is -0.449. The van der Waals surface area contributed by atoms with Gasteiger partial charge in [-0.3, -0.25) is 0 Å². The molecule has 2 rings (SSSR count). The Hall–Kier alpha value is -0.530. The molecule has 0 aromatic heterocycles. The van der Waals surface area contributed by atoms with Crippen molar-refractivity contribution in [3.8, 4) is 0 Å². The molecule has 0 amide bonds. The third-order valence-corrected chi connectivity index (χ3v) is 6.11. The van der Waals surface area contributed by atoms with Crippen LogP contribution < -0.4 is 0 Å². The van der Waals surface area contributed by atoms with Gasteiger partial charge < -0.3 is 0 Å². The van der Waals surface area contributed by atoms with Crippen LogP contribution in [0.1, 0.15) is 32.1 Å². The van der Waals surface area contributed by atoms with Crippen LogP contribution in [0, 0.1) is 11.6 Å². The summed E-state index contributed by atoms with van der Waals surface area (Å²) >= 11 is 3.25. The number of rotatable bonds is 5. The van der Waals surface area contributed by atoms with Crippen LogP contribution in [0.3, 0.4) is 0 Å². The molecule has 1 fully saturated rings. The number of benzene rings is 1. The van der Waals surface area contributed by atoms with Crippen molar-refractivity contribution in [2.24, 2.45) is 0 Å². The van der Waals surface area contributed by atoms with Crippen molar-refractivity contribution in [3.63, 3.8) is 0 Å². The molecule has 0 aliphatic heterocycles. The lowest BCUT2D eigenvalue weighted by molar-refractivity contribution is 0.262. The molecule has 0 atom stereocenters. The normalized spacial score (nSPS) is 17.3. The predicted octanol–water partition coefficient (Wildman–Crippen LogP) is 3.68. The molecule has 118 valence electrons. The van der Waals surface area contributed by atoms with E-state index in [0.29, 0.717) is 11.4 Å². The first-order valence-corrected chi connectivity index (χ1v) is 9.56. The predicted molar refractivity (Wildman–Crippen MR) is 80.9 cm³/mol. The summed E-state index contributed by atoms with van der Waals surface area (Å²) in [5, 5.41) is 0.478. The summed E-state index contributed by atoms with van der Waals surface area (Å²) in [5.41, 5.74) is 0. The molecular weight excluding hydrogens is 364 g/mol. The molecule has 0 heterocycles. The van der Waals surface area contributed by atoms with E-state index in [1.807, 2.05) is 0 Å². The largest absolute Gasteiger partial charge is 0.246 e. The summed E-state index contributed by atoms with van der Waals surface area (Å²) in [7, 11) is -3.95. The molecule has 7 heteroatoms. The van der Waals surface area contributed by atoms with E-state index in [0.717, 1.165) is 44.2 Å². The van der Waals surface area contributed by atoms with Gasteiger partial charge in [0, 0.05) is 24.0 Å². The van der Waals surface area contributed by atoms with Crippen molar-refractivity contribution in [3.05, 3.63) is 29.8 Å². The van der Waals surface area contributed by atoms with Gasteiger partial charge in [-0.1, -0.05) is 35.2 Å². The van der Waals surface area contributed by atoms with Crippen LogP contribution in [-0.2, 0) is 10.0 Å². The fourth-order valence-corrected chi connectivity index (χ4v) is 5.11. The molecule has 0 unspecified atom stereocenters. The van der Waals surface area contributed by atoms with Crippen molar-refractivity contribution in [1.29, 1.82) is 0 Å². The Morgan fingerprint density at radius 2 is 1.86 bits per heavy atom. The zero-order valence-electron chi connectivity index (χ0n) is 11.6. The zero-order chi connectivity index (χ0) is 15.5. The maximum absolute atomic E-state index is 13.9. The molecule has 0 radical (unpaired) electrons. The van der Waals surface area contributed by atoms with Gasteiger partial charge in [0.2, 0.25) is 10.0 Å². The SMILES string of the molecule is O=S(=O)(c1ccc(F)cc1F)N(CCBr)C1CCCCC1. The second kappa shape index (κ2) is 7.15. The van der Waals surface area contributed by atoms with E-state index in [4.69, 9.17) is 0 Å². The molecule has 1 aromatic rings. The Kier molecular flexibility index (Phi) is 5.73. The van der Waals surface area contributed by atoms with E-state index in [9.17, 15) is 17.2 Å². The van der Waals surface area contributed by atoms with E-state index in [2.05, 4.69) is 15.9 Å². The highest BCUT2D eigenvalue weighted by Crippen LogP contribution is 2.29. The molecule has 1 saturated carbocycles. The van der Waals surface area contributed by atoms with Crippen LogP contribution in [0.2, 0.25) is 0 Å². The molecule has 1 aromatic carbocycles. The summed E-state index contributed by atoms with van der Waals surface area (Å²) in [5.74, 6) is -1.82. The molecule has 1 aliphatic carbocycles. The Labute approximate surface area is 132 Å². The molecular formula is C14H18BrF2NO2S. The number of hydrogen-bond acceptors (Lipinski definition) is 2. The quantitative estimate of drug-likeness (QED) is 0.729. The number of nitrogens with zero attached hydrogens (tertiary/aromatic N) is 1. The first-order chi connectivity index (χ1) is 9.96. The van der Waals surface area contributed by atoms with Crippen molar-refractivity contribution in [1.82, 2.24) is 4.31 Å². The molecule has 21 heavy (non-hydrogen) atoms. The van der Waals surface area contributed by atoms with Crippen LogP contribution in [0.4, 0.5) is 8.78 Å². The molecule has 0 saturated heterocycles. The van der Waals surface area contributed by atoms with Gasteiger partial charge in [0.05, 0.1) is 0 Å². The molecule has 0 bridgehead atoms. The lowest BCUT2D eigenvalue weighted by atomic mass is 9.95. The molecule has 0 N–H and O–H groups in total. The second-order valence-corrected chi connectivity index (χ2v) is 7.82. The molecule has 0 spiro atoms. The van der Waals surface area contributed by atoms with E-state index in [1.165, 1.54) is 4.31 Å². The van der Waals surface area contributed by atoms with Gasteiger partial charge in [0.25, 0.3) is 0 Å². The highest BCUT2D eigenvalue weighted by atomic mass is 79.9. The minimum absolute atomic E-state index is 0.106. The number of alkyl halides is 1. The summed E-state index contributed by atoms with van der Waals surface area (Å²) in [6.07, 6.45) is 4.63. The lowest BCUT2D eigenvalue weighted by Crippen LogP contribution is -2.42. The number of halogens is 3. The smallest absolute Gasteiger partial charge is 0.207 e. The molecule has 1 aliphatic rings. The van der Waals surface area contributed by atoms with E-state index < -0.39 is 26.6 Å². The van der Waals surface area contributed by atoms with Gasteiger partial charge in [-0.25, -0.2) is 17.2 Å². The van der Waals surface area contributed by atoms with E-state index in [1.54, 1.807) is 0 Å². The van der Waals surface area contributed by atoms with Crippen molar-refractivity contribution in [2.75, 3.05) is 11.9 Å². The number of hydrogen-bond donors (Lipinski definition) is 0. The van der Waals surface area contributed by atoms with Crippen molar-refractivity contribution < 1.29 is 17.2 Å². The summed E-state index contributed by atoms with van der Waals surface area (Å²) < 4.78 is 53.6. The van der Waals surface area contributed by atoms with E-state index >= 15 is 0 Å². The van der Waals surface area contributed by atoms with Gasteiger partial charge in [0.1, 0.15) is 16.5 Å². The summed E-state index contributed by atoms with van der Waals surface area (Å²) in [6, 6.07) is 2.48. The topological polar surface area (TPSA) is 37.4 Å². The minimum Gasteiger partial charge on any atom is -0.207 e. The van der Waals surface area contributed by atoms with Crippen LogP contribution >= 0.6 is 15.9 Å². The minimum atomic E-state index is -3.95. The van der Waals surface area contributed by atoms with Gasteiger partial charge in [-0.05, 0) is 25.0 Å². The van der Waals surface area contributed by atoms with Crippen LogP contribution in [0.5, 0.6) is 0 Å². The van der Waals surface area contributed by atoms with Gasteiger partial charge in [-0.2, -0.15) is 4.31 Å². The first kappa shape index (κ1) is 16.8. The van der Waals surface area contributed by atoms with Gasteiger partial charge in [-0.15, -0.1) is 0 Å². The maximum Gasteiger partial charge on any atom is 0.246 e. The second-order valence-electron chi connectivity index (χ2n) is 5.17. The fourth-order valence-electron chi connectivity index (χ4n) is 2.76. The average molecular weight is 382 g/mol. The Morgan fingerprint density at radius 1 is 1.19 bits per heavy atom. The van der Waals surface area contributed by atoms with E-state index in [-0.39, 0.29) is 12.6 Å². The zero-order valence-corrected chi connectivity index (χ0v) is 14.0. The monoisotopic (exact) mass is 381 g/mol. The van der Waals surface area contributed by atoms with Gasteiger partial charge >= 0.3 is 0 Å². The maximum atomic E-state index is 13.9. The first-order valence-electron chi connectivity index (χ1n) is 6.99. The van der Waals surface area contributed by atoms with Crippen LogP contribution in [0.15, 0.2) is 23.1 Å². The Balaban J connectivity index is 2.36. The Morgan fingerprint density at radius 3 is 2.43 bits per heavy atom. The fraction of sp³-hybridized carbons (Fsp3) is 0.571. The molecule has 3 nitrogen and oxygen atoms in total. The third kappa shape index (κ3) is 3.81. The Bertz CT molecular complexity index is 589. The summed E-state index contributed by atoms with van der Waals surface area (Å²) in [6.45, 7) is 0.282. The van der Waals surface area contributed by atoms with Crippen molar-refractivity contribution >= 4 is 26.0 Å². The highest BCUT2D eigenvalue weighted by Gasteiger charge is 2.33. The van der Waals surface area contributed by atoms with Crippen LogP contribution in [-0.4, -0.2) is 30.6 Å². The number of sulfonamides is 1.